The molecule has 2 nitrogen and oxygen atoms in total. The highest BCUT2D eigenvalue weighted by Crippen LogP contribution is 2.37. The Morgan fingerprint density at radius 3 is 2.33 bits per heavy atom. The standard InChI is InChI=1S/C27H39NOSi/c1-3-4-18-30(19-9-6-10-20-30)21-17-27(29)28-26(25-11-7-5-8-12-25)22-24-15-13-23(2)14-16-24/h5,7-8,11-16,26H,3-4,6,9-10,17-22H2,1-2H3,(H,28,29). The number of aryl methyl sites for hydroxylation is 1. The van der Waals surface area contributed by atoms with Crippen molar-refractivity contribution in [3.8, 4) is 0 Å². The molecule has 30 heavy (non-hydrogen) atoms. The van der Waals surface area contributed by atoms with E-state index in [-0.39, 0.29) is 11.9 Å². The van der Waals surface area contributed by atoms with Crippen molar-refractivity contribution in [1.29, 1.82) is 0 Å². The Labute approximate surface area is 184 Å². The number of unbranched alkanes of at least 4 members (excludes halogenated alkanes) is 1. The molecule has 1 unspecified atom stereocenters. The zero-order chi connectivity index (χ0) is 21.2. The fraction of sp³-hybridized carbons (Fsp3) is 0.519. The molecule has 162 valence electrons. The van der Waals surface area contributed by atoms with Crippen molar-refractivity contribution in [2.24, 2.45) is 0 Å². The second-order valence-electron chi connectivity index (χ2n) is 9.38. The number of nitrogens with one attached hydrogen (secondary N) is 1. The molecule has 3 rings (SSSR count). The highest BCUT2D eigenvalue weighted by atomic mass is 28.3. The molecule has 1 saturated heterocycles. The summed E-state index contributed by atoms with van der Waals surface area (Å²) < 4.78 is 0. The molecule has 1 N–H and O–H groups in total. The van der Waals surface area contributed by atoms with Crippen LogP contribution >= 0.6 is 0 Å². The molecule has 1 fully saturated rings. The van der Waals surface area contributed by atoms with Gasteiger partial charge in [0.1, 0.15) is 0 Å². The van der Waals surface area contributed by atoms with Crippen molar-refractivity contribution in [2.75, 3.05) is 0 Å². The Bertz CT molecular complexity index is 765. The van der Waals surface area contributed by atoms with Crippen molar-refractivity contribution in [3.05, 3.63) is 71.3 Å². The van der Waals surface area contributed by atoms with E-state index in [2.05, 4.69) is 67.7 Å². The van der Waals surface area contributed by atoms with E-state index in [0.717, 1.165) is 6.42 Å². The van der Waals surface area contributed by atoms with Crippen LogP contribution in [-0.2, 0) is 11.2 Å². The second kappa shape index (κ2) is 11.5. The monoisotopic (exact) mass is 421 g/mol. The van der Waals surface area contributed by atoms with Gasteiger partial charge >= 0.3 is 0 Å². The molecule has 2 aromatic carbocycles. The number of carbonyl (C=O) groups excluding carboxylic acids is 1. The summed E-state index contributed by atoms with van der Waals surface area (Å²) in [4.78, 5) is 13.0. The van der Waals surface area contributed by atoms with Crippen molar-refractivity contribution in [2.45, 2.75) is 89.0 Å². The van der Waals surface area contributed by atoms with Gasteiger partial charge in [0.25, 0.3) is 0 Å². The fourth-order valence-electron chi connectivity index (χ4n) is 5.02. The van der Waals surface area contributed by atoms with E-state index in [9.17, 15) is 4.79 Å². The molecular formula is C27H39NOSi. The van der Waals surface area contributed by atoms with E-state index < -0.39 is 8.07 Å². The van der Waals surface area contributed by atoms with E-state index in [1.807, 2.05) is 6.07 Å². The van der Waals surface area contributed by atoms with Crippen LogP contribution in [0.15, 0.2) is 54.6 Å². The summed E-state index contributed by atoms with van der Waals surface area (Å²) >= 11 is 0. The maximum atomic E-state index is 13.0. The minimum Gasteiger partial charge on any atom is -0.349 e. The minimum absolute atomic E-state index is 0.0426. The van der Waals surface area contributed by atoms with Crippen molar-refractivity contribution >= 4 is 14.0 Å². The van der Waals surface area contributed by atoms with Gasteiger partial charge in [0.2, 0.25) is 5.91 Å². The average Bonchev–Trinajstić information content (AvgIpc) is 2.79. The van der Waals surface area contributed by atoms with Gasteiger partial charge in [0, 0.05) is 6.42 Å². The van der Waals surface area contributed by atoms with Gasteiger partial charge in [0.05, 0.1) is 14.1 Å². The molecule has 2 aromatic rings. The van der Waals surface area contributed by atoms with Gasteiger partial charge < -0.3 is 5.32 Å². The highest BCUT2D eigenvalue weighted by molar-refractivity contribution is 6.80. The van der Waals surface area contributed by atoms with E-state index in [1.54, 1.807) is 0 Å². The first-order valence-electron chi connectivity index (χ1n) is 12.0. The molecule has 0 saturated carbocycles. The van der Waals surface area contributed by atoms with Gasteiger partial charge in [-0.3, -0.25) is 4.79 Å². The molecule has 0 radical (unpaired) electrons. The first kappa shape index (κ1) is 22.8. The zero-order valence-corrected chi connectivity index (χ0v) is 20.0. The Hall–Kier alpha value is -1.87. The molecular weight excluding hydrogens is 382 g/mol. The smallest absolute Gasteiger partial charge is 0.220 e. The lowest BCUT2D eigenvalue weighted by Crippen LogP contribution is -2.38. The Balaban J connectivity index is 1.64. The first-order chi connectivity index (χ1) is 14.6. The van der Waals surface area contributed by atoms with Crippen LogP contribution in [0.5, 0.6) is 0 Å². The molecule has 1 aliphatic rings. The summed E-state index contributed by atoms with van der Waals surface area (Å²) in [6, 6.07) is 24.7. The Morgan fingerprint density at radius 1 is 0.967 bits per heavy atom. The van der Waals surface area contributed by atoms with Crippen LogP contribution in [0.1, 0.15) is 68.2 Å². The number of rotatable bonds is 10. The summed E-state index contributed by atoms with van der Waals surface area (Å²) in [7, 11) is -1.24. The third kappa shape index (κ3) is 6.83. The molecule has 3 heteroatoms. The molecule has 1 atom stereocenters. The third-order valence-corrected chi connectivity index (χ3v) is 12.5. The largest absolute Gasteiger partial charge is 0.349 e. The topological polar surface area (TPSA) is 29.1 Å². The molecule has 1 aliphatic heterocycles. The maximum Gasteiger partial charge on any atom is 0.220 e. The first-order valence-corrected chi connectivity index (χ1v) is 14.8. The van der Waals surface area contributed by atoms with Crippen LogP contribution < -0.4 is 5.32 Å². The van der Waals surface area contributed by atoms with Gasteiger partial charge in [0.15, 0.2) is 0 Å². The molecule has 0 aromatic heterocycles. The van der Waals surface area contributed by atoms with Crippen LogP contribution in [-0.4, -0.2) is 14.0 Å². The SMILES string of the molecule is CCCC[Si]1(CCC(=O)NC(Cc2ccc(C)cc2)c2ccccc2)CCCCC1. The number of hydrogen-bond donors (Lipinski definition) is 1. The van der Waals surface area contributed by atoms with Crippen molar-refractivity contribution < 1.29 is 4.79 Å². The lowest BCUT2D eigenvalue weighted by atomic mass is 9.98. The molecule has 0 bridgehead atoms. The zero-order valence-electron chi connectivity index (χ0n) is 19.0. The summed E-state index contributed by atoms with van der Waals surface area (Å²) in [5.41, 5.74) is 3.74. The van der Waals surface area contributed by atoms with Crippen molar-refractivity contribution in [3.63, 3.8) is 0 Å². The van der Waals surface area contributed by atoms with Gasteiger partial charge in [-0.1, -0.05) is 117 Å². The van der Waals surface area contributed by atoms with Crippen molar-refractivity contribution in [1.82, 2.24) is 5.32 Å². The molecule has 1 amide bonds. The van der Waals surface area contributed by atoms with E-state index in [4.69, 9.17) is 0 Å². The summed E-state index contributed by atoms with van der Waals surface area (Å²) in [6.45, 7) is 4.41. The van der Waals surface area contributed by atoms with E-state index >= 15 is 0 Å². The fourth-order valence-corrected chi connectivity index (χ4v) is 10.4. The van der Waals surface area contributed by atoms with Crippen LogP contribution in [0.2, 0.25) is 24.2 Å². The second-order valence-corrected chi connectivity index (χ2v) is 14.4. The Kier molecular flexibility index (Phi) is 8.74. The van der Waals surface area contributed by atoms with E-state index in [0.29, 0.717) is 6.42 Å². The summed E-state index contributed by atoms with van der Waals surface area (Å²) in [5, 5.41) is 3.39. The average molecular weight is 422 g/mol. The van der Waals surface area contributed by atoms with Gasteiger partial charge in [-0.25, -0.2) is 0 Å². The normalized spacial score (nSPS) is 16.7. The molecule has 1 heterocycles. The molecule has 0 spiro atoms. The Morgan fingerprint density at radius 2 is 1.67 bits per heavy atom. The number of carbonyl (C=O) groups is 1. The molecule has 0 aliphatic carbocycles. The maximum absolute atomic E-state index is 13.0. The van der Waals surface area contributed by atoms with Crippen LogP contribution in [0.25, 0.3) is 0 Å². The van der Waals surface area contributed by atoms with Crippen LogP contribution in [0.3, 0.4) is 0 Å². The van der Waals surface area contributed by atoms with Crippen LogP contribution in [0.4, 0.5) is 0 Å². The van der Waals surface area contributed by atoms with Gasteiger partial charge in [-0.2, -0.15) is 0 Å². The predicted octanol–water partition coefficient (Wildman–Crippen LogP) is 7.22. The van der Waals surface area contributed by atoms with Gasteiger partial charge in [-0.05, 0) is 30.5 Å². The minimum atomic E-state index is -1.24. The highest BCUT2D eigenvalue weighted by Gasteiger charge is 2.34. The quantitative estimate of drug-likeness (QED) is 0.403. The van der Waals surface area contributed by atoms with Crippen LogP contribution in [0, 0.1) is 6.92 Å². The van der Waals surface area contributed by atoms with Gasteiger partial charge in [-0.15, -0.1) is 0 Å². The van der Waals surface area contributed by atoms with E-state index in [1.165, 1.54) is 73.0 Å². The summed E-state index contributed by atoms with van der Waals surface area (Å²) in [5.74, 6) is 0.241. The predicted molar refractivity (Wildman–Crippen MR) is 131 cm³/mol. The number of hydrogen-bond acceptors (Lipinski definition) is 1. The number of benzene rings is 2. The summed E-state index contributed by atoms with van der Waals surface area (Å²) in [6.07, 6.45) is 8.40. The lowest BCUT2D eigenvalue weighted by Gasteiger charge is -2.35. The lowest BCUT2D eigenvalue weighted by molar-refractivity contribution is -0.121. The number of amides is 1. The third-order valence-electron chi connectivity index (χ3n) is 6.95.